The molecule has 34 heavy (non-hydrogen) atoms. The summed E-state index contributed by atoms with van der Waals surface area (Å²) in [4.78, 5) is 15.2. The van der Waals surface area contributed by atoms with E-state index in [1.54, 1.807) is 12.1 Å². The Labute approximate surface area is 194 Å². The Hall–Kier alpha value is -4.17. The number of hydrogen-bond acceptors (Lipinski definition) is 8. The van der Waals surface area contributed by atoms with Crippen LogP contribution in [0, 0.1) is 0 Å². The van der Waals surface area contributed by atoms with Crippen LogP contribution >= 0.6 is 0 Å². The van der Waals surface area contributed by atoms with Crippen LogP contribution in [-0.4, -0.2) is 31.0 Å². The summed E-state index contributed by atoms with van der Waals surface area (Å²) in [6.07, 6.45) is 1.73. The van der Waals surface area contributed by atoms with Crippen molar-refractivity contribution in [3.63, 3.8) is 0 Å². The summed E-state index contributed by atoms with van der Waals surface area (Å²) >= 11 is 0. The molecule has 0 N–H and O–H groups in total. The van der Waals surface area contributed by atoms with E-state index < -0.39 is 0 Å². The van der Waals surface area contributed by atoms with Gasteiger partial charge in [0.25, 0.3) is 0 Å². The van der Waals surface area contributed by atoms with Crippen LogP contribution in [0.15, 0.2) is 54.3 Å². The number of nitrogens with zero attached hydrogens (tertiary/aromatic N) is 1. The summed E-state index contributed by atoms with van der Waals surface area (Å²) in [6, 6.07) is 15.1. The highest BCUT2D eigenvalue weighted by atomic mass is 16.7. The normalized spacial score (nSPS) is 18.5. The van der Waals surface area contributed by atoms with E-state index in [0.29, 0.717) is 42.6 Å². The maximum Gasteiger partial charge on any atom is 0.231 e. The third-order valence-corrected chi connectivity index (χ3v) is 6.22. The molecule has 4 heterocycles. The number of ether oxygens (including phenoxy) is 6. The van der Waals surface area contributed by atoms with E-state index >= 15 is 0 Å². The zero-order valence-electron chi connectivity index (χ0n) is 18.0. The fourth-order valence-corrected chi connectivity index (χ4v) is 4.56. The summed E-state index contributed by atoms with van der Waals surface area (Å²) in [5, 5.41) is 0. The van der Waals surface area contributed by atoms with Crippen molar-refractivity contribution in [1.82, 2.24) is 4.90 Å². The number of Topliss-reactive ketones (excluding diaryl/α,β-unsaturated/α-hetero) is 1. The minimum absolute atomic E-state index is 0.150. The highest BCUT2D eigenvalue weighted by Gasteiger charge is 2.34. The SMILES string of the molecule is O=C1/C(=C/c2ccc3c(c2)OCO3)Oc2c1ccc1c2CN(Cc2ccc3c(c2)OCO3)CO1. The van der Waals surface area contributed by atoms with E-state index in [1.807, 2.05) is 42.5 Å². The Kier molecular flexibility index (Phi) is 4.22. The molecule has 3 aromatic carbocycles. The summed E-state index contributed by atoms with van der Waals surface area (Å²) in [5.41, 5.74) is 3.30. The van der Waals surface area contributed by atoms with Gasteiger partial charge in [0.05, 0.1) is 11.1 Å². The number of carbonyl (C=O) groups excluding carboxylic acids is 1. The fraction of sp³-hybridized carbons (Fsp3) is 0.192. The monoisotopic (exact) mass is 457 g/mol. The highest BCUT2D eigenvalue weighted by molar-refractivity contribution is 6.15. The Morgan fingerprint density at radius 2 is 1.53 bits per heavy atom. The first kappa shape index (κ1) is 19.3. The van der Waals surface area contributed by atoms with Crippen LogP contribution in [0.4, 0.5) is 0 Å². The van der Waals surface area contributed by atoms with Gasteiger partial charge in [-0.15, -0.1) is 0 Å². The standard InChI is InChI=1S/C26H19NO7/c28-25-17-3-6-19-18(11-27(12-29-19)10-16-2-5-21-23(9-16)33-14-31-21)26(17)34-24(25)8-15-1-4-20-22(7-15)32-13-30-20/h1-9H,10-14H2/b24-8-. The van der Waals surface area contributed by atoms with E-state index in [9.17, 15) is 4.79 Å². The second-order valence-electron chi connectivity index (χ2n) is 8.42. The zero-order chi connectivity index (χ0) is 22.6. The first-order valence-electron chi connectivity index (χ1n) is 10.9. The molecule has 0 amide bonds. The third-order valence-electron chi connectivity index (χ3n) is 6.22. The van der Waals surface area contributed by atoms with E-state index in [-0.39, 0.29) is 25.1 Å². The molecule has 0 saturated carbocycles. The fourth-order valence-electron chi connectivity index (χ4n) is 4.56. The maximum atomic E-state index is 13.1. The van der Waals surface area contributed by atoms with Gasteiger partial charge in [-0.3, -0.25) is 9.69 Å². The largest absolute Gasteiger partial charge is 0.478 e. The van der Waals surface area contributed by atoms with Crippen LogP contribution in [0.5, 0.6) is 34.5 Å². The zero-order valence-corrected chi connectivity index (χ0v) is 18.0. The van der Waals surface area contributed by atoms with Gasteiger partial charge < -0.3 is 28.4 Å². The second kappa shape index (κ2) is 7.43. The predicted molar refractivity (Wildman–Crippen MR) is 119 cm³/mol. The van der Waals surface area contributed by atoms with Crippen LogP contribution in [0.1, 0.15) is 27.0 Å². The molecule has 0 bridgehead atoms. The van der Waals surface area contributed by atoms with Crippen molar-refractivity contribution < 1.29 is 33.2 Å². The van der Waals surface area contributed by atoms with Gasteiger partial charge in [0.1, 0.15) is 18.2 Å². The molecule has 170 valence electrons. The summed E-state index contributed by atoms with van der Waals surface area (Å²) in [5.74, 6) is 4.28. The van der Waals surface area contributed by atoms with Crippen molar-refractivity contribution in [2.45, 2.75) is 13.1 Å². The van der Waals surface area contributed by atoms with E-state index in [0.717, 1.165) is 33.9 Å². The van der Waals surface area contributed by atoms with Gasteiger partial charge in [-0.25, -0.2) is 0 Å². The average Bonchev–Trinajstić information content (AvgIpc) is 3.58. The van der Waals surface area contributed by atoms with Crippen molar-refractivity contribution in [1.29, 1.82) is 0 Å². The minimum Gasteiger partial charge on any atom is -0.478 e. The topological polar surface area (TPSA) is 75.7 Å². The van der Waals surface area contributed by atoms with Gasteiger partial charge >= 0.3 is 0 Å². The molecular formula is C26H19NO7. The smallest absolute Gasteiger partial charge is 0.231 e. The van der Waals surface area contributed by atoms with E-state index in [1.165, 1.54) is 0 Å². The van der Waals surface area contributed by atoms with Gasteiger partial charge in [0.2, 0.25) is 19.4 Å². The molecule has 0 aromatic heterocycles. The average molecular weight is 457 g/mol. The molecule has 0 radical (unpaired) electrons. The van der Waals surface area contributed by atoms with Crippen molar-refractivity contribution in [3.05, 3.63) is 76.5 Å². The lowest BCUT2D eigenvalue weighted by atomic mass is 10.0. The lowest BCUT2D eigenvalue weighted by Gasteiger charge is -2.29. The van der Waals surface area contributed by atoms with Crippen LogP contribution in [0.2, 0.25) is 0 Å². The van der Waals surface area contributed by atoms with Crippen molar-refractivity contribution in [2.75, 3.05) is 20.3 Å². The predicted octanol–water partition coefficient (Wildman–Crippen LogP) is 4.11. The van der Waals surface area contributed by atoms with E-state index in [2.05, 4.69) is 4.90 Å². The molecule has 0 spiro atoms. The number of ketones is 1. The highest BCUT2D eigenvalue weighted by Crippen LogP contribution is 2.43. The molecule has 3 aromatic rings. The minimum atomic E-state index is -0.150. The number of fused-ring (bicyclic) bond motifs is 5. The lowest BCUT2D eigenvalue weighted by Crippen LogP contribution is -2.31. The number of hydrogen-bond donors (Lipinski definition) is 0. The van der Waals surface area contributed by atoms with E-state index in [4.69, 9.17) is 28.4 Å². The van der Waals surface area contributed by atoms with Gasteiger partial charge in [-0.05, 0) is 53.6 Å². The summed E-state index contributed by atoms with van der Waals surface area (Å²) in [6.45, 7) is 2.14. The molecular weight excluding hydrogens is 438 g/mol. The number of allylic oxidation sites excluding steroid dienone is 1. The molecule has 0 saturated heterocycles. The van der Waals surface area contributed by atoms with Crippen molar-refractivity contribution >= 4 is 11.9 Å². The van der Waals surface area contributed by atoms with Crippen LogP contribution in [-0.2, 0) is 13.1 Å². The molecule has 0 unspecified atom stereocenters. The Balaban J connectivity index is 1.15. The lowest BCUT2D eigenvalue weighted by molar-refractivity contribution is 0.0872. The molecule has 0 atom stereocenters. The number of benzene rings is 3. The Bertz CT molecular complexity index is 1380. The van der Waals surface area contributed by atoms with Crippen LogP contribution in [0.3, 0.4) is 0 Å². The maximum absolute atomic E-state index is 13.1. The van der Waals surface area contributed by atoms with Gasteiger partial charge in [-0.1, -0.05) is 12.1 Å². The third kappa shape index (κ3) is 3.14. The molecule has 4 aliphatic rings. The van der Waals surface area contributed by atoms with Crippen molar-refractivity contribution in [2.24, 2.45) is 0 Å². The van der Waals surface area contributed by atoms with Crippen molar-refractivity contribution in [3.8, 4) is 34.5 Å². The molecule has 7 rings (SSSR count). The summed E-state index contributed by atoms with van der Waals surface area (Å²) in [7, 11) is 0. The quantitative estimate of drug-likeness (QED) is 0.544. The van der Waals surface area contributed by atoms with Gasteiger partial charge in [-0.2, -0.15) is 0 Å². The Morgan fingerprint density at radius 1 is 0.794 bits per heavy atom. The molecule has 0 fully saturated rings. The number of carbonyl (C=O) groups is 1. The van der Waals surface area contributed by atoms with Gasteiger partial charge in [0, 0.05) is 13.1 Å². The first-order valence-corrected chi connectivity index (χ1v) is 10.9. The van der Waals surface area contributed by atoms with Crippen LogP contribution in [0.25, 0.3) is 6.08 Å². The Morgan fingerprint density at radius 3 is 2.38 bits per heavy atom. The van der Waals surface area contributed by atoms with Crippen LogP contribution < -0.4 is 28.4 Å². The summed E-state index contributed by atoms with van der Waals surface area (Å²) < 4.78 is 33.8. The first-order chi connectivity index (χ1) is 16.7. The molecule has 0 aliphatic carbocycles. The molecule has 8 nitrogen and oxygen atoms in total. The number of rotatable bonds is 3. The second-order valence-corrected chi connectivity index (χ2v) is 8.42. The molecule has 4 aliphatic heterocycles. The van der Waals surface area contributed by atoms with Gasteiger partial charge in [0.15, 0.2) is 28.8 Å². The molecule has 8 heteroatoms.